The zero-order valence-corrected chi connectivity index (χ0v) is 24.9. The molecule has 2 aromatic heterocycles. The second-order valence-corrected chi connectivity index (χ2v) is 11.6. The van der Waals surface area contributed by atoms with Gasteiger partial charge in [0.15, 0.2) is 17.4 Å². The normalized spacial score (nSPS) is 24.0. The van der Waals surface area contributed by atoms with E-state index in [0.29, 0.717) is 0 Å². The Bertz CT molecular complexity index is 1590. The fraction of sp³-hybridized carbons (Fsp3) is 0.455. The molecule has 1 saturated heterocycles. The van der Waals surface area contributed by atoms with Crippen LogP contribution in [-0.4, -0.2) is 75.2 Å². The first kappa shape index (κ1) is 31.5. The van der Waals surface area contributed by atoms with E-state index in [-0.39, 0.29) is 38.8 Å². The lowest BCUT2D eigenvalue weighted by Crippen LogP contribution is -2.43. The fourth-order valence-corrected chi connectivity index (χ4v) is 5.99. The summed E-state index contributed by atoms with van der Waals surface area (Å²) < 4.78 is 42.4. The van der Waals surface area contributed by atoms with Gasteiger partial charge in [-0.3, -0.25) is 13.9 Å². The quantitative estimate of drug-likeness (QED) is 0.0892. The molecule has 4 N–H and O–H groups in total. The summed E-state index contributed by atoms with van der Waals surface area (Å²) in [5, 5.41) is 17.9. The highest BCUT2D eigenvalue weighted by Gasteiger charge is 2.55. The Labute approximate surface area is 248 Å². The molecule has 226 valence electrons. The molecule has 0 aliphatic carbocycles. The number of carbonyl (C=O) groups excluding carboxylic acids is 1. The summed E-state index contributed by atoms with van der Waals surface area (Å²) in [5.41, 5.74) is 13.9. The van der Waals surface area contributed by atoms with Gasteiger partial charge in [-0.2, -0.15) is 15.1 Å². The smallest absolute Gasteiger partial charge is 0.459 e. The second kappa shape index (κ2) is 12.5. The Morgan fingerprint density at radius 2 is 2.12 bits per heavy atom. The van der Waals surface area contributed by atoms with Crippen LogP contribution in [0.3, 0.4) is 0 Å². The number of hydrogen-bond donors (Lipinski definition) is 3. The molecular weight excluding hydrogens is 620 g/mol. The molecule has 3 heterocycles. The number of nitrogens with one attached hydrogen (secondary N) is 1. The number of methoxy groups -OCH3 is 2. The van der Waals surface area contributed by atoms with Crippen molar-refractivity contribution in [3.05, 3.63) is 45.0 Å². The number of carbonyl (C=O) groups is 1. The van der Waals surface area contributed by atoms with E-state index in [9.17, 15) is 20.0 Å². The predicted molar refractivity (Wildman–Crippen MR) is 149 cm³/mol. The Morgan fingerprint density at radius 3 is 2.76 bits per heavy atom. The largest absolute Gasteiger partial charge is 0.479 e. The number of hydrogen-bond acceptors (Lipinski definition) is 13. The summed E-state index contributed by atoms with van der Waals surface area (Å²) in [7, 11) is -1.86. The number of ether oxygens (including phenoxy) is 3. The number of nitrogens with zero attached hydrogens (tertiary/aromatic N) is 7. The van der Waals surface area contributed by atoms with Crippen LogP contribution in [-0.2, 0) is 23.4 Å². The summed E-state index contributed by atoms with van der Waals surface area (Å²) >= 11 is 12.0. The zero-order valence-electron chi connectivity index (χ0n) is 22.5. The van der Waals surface area contributed by atoms with Gasteiger partial charge in [0.1, 0.15) is 23.4 Å². The minimum atomic E-state index is -4.39. The third-order valence-corrected chi connectivity index (χ3v) is 8.68. The van der Waals surface area contributed by atoms with Crippen molar-refractivity contribution >= 4 is 54.0 Å². The van der Waals surface area contributed by atoms with E-state index in [1.807, 2.05) is 0 Å². The van der Waals surface area contributed by atoms with E-state index in [0.717, 1.165) is 7.11 Å². The minimum Gasteiger partial charge on any atom is -0.479 e. The van der Waals surface area contributed by atoms with Gasteiger partial charge in [0.25, 0.3) is 0 Å². The first-order chi connectivity index (χ1) is 19.9. The number of halogens is 2. The second-order valence-electron chi connectivity index (χ2n) is 9.14. The Morgan fingerprint density at radius 1 is 1.38 bits per heavy atom. The van der Waals surface area contributed by atoms with Crippen molar-refractivity contribution in [3.63, 3.8) is 0 Å². The van der Waals surface area contributed by atoms with Crippen molar-refractivity contribution in [2.45, 2.75) is 43.9 Å². The van der Waals surface area contributed by atoms with Crippen molar-refractivity contribution in [1.29, 1.82) is 0 Å². The number of benzene rings is 1. The maximum Gasteiger partial charge on any atom is 0.459 e. The van der Waals surface area contributed by atoms with E-state index in [4.69, 9.17) is 47.5 Å². The Kier molecular flexibility index (Phi) is 9.35. The van der Waals surface area contributed by atoms with Crippen LogP contribution >= 0.6 is 30.9 Å². The summed E-state index contributed by atoms with van der Waals surface area (Å²) in [6.45, 7) is 2.25. The summed E-state index contributed by atoms with van der Waals surface area (Å²) in [5.74, 6) is -0.797. The van der Waals surface area contributed by atoms with Crippen LogP contribution in [0.1, 0.15) is 20.1 Å². The molecule has 20 heteroatoms. The highest BCUT2D eigenvalue weighted by molar-refractivity contribution is 7.52. The van der Waals surface area contributed by atoms with E-state index in [1.165, 1.54) is 50.1 Å². The average molecular weight is 646 g/mol. The molecule has 17 nitrogen and oxygen atoms in total. The number of aliphatic hydroxyl groups excluding tert-OH is 1. The standard InChI is InChI=1S/C22H26Cl2N9O8P/c1-10(19(35)38-4)30-42(36,41-11-5-6-12(23)13(24)7-11)39-8-14-16(34)22(2,31-32-26)20(40-14)33-9-27-15-17(33)28-21(25)29-18(15)37-3/h5-7,9-10,14,16,20,34H,8H2,1-4H3,(H,30,36)(H2,25,28,29)/t10-,14+,16+,20+,22+,42?/m0/s1. The Balaban J connectivity index is 1.65. The molecule has 1 unspecified atom stereocenters. The highest BCUT2D eigenvalue weighted by Crippen LogP contribution is 2.48. The third kappa shape index (κ3) is 6.19. The number of aliphatic hydroxyl groups is 1. The van der Waals surface area contributed by atoms with Gasteiger partial charge in [0.05, 0.1) is 43.3 Å². The van der Waals surface area contributed by atoms with Crippen LogP contribution < -0.4 is 20.1 Å². The van der Waals surface area contributed by atoms with Crippen LogP contribution in [0.15, 0.2) is 29.6 Å². The van der Waals surface area contributed by atoms with Gasteiger partial charge in [-0.1, -0.05) is 28.3 Å². The van der Waals surface area contributed by atoms with Crippen LogP contribution in [0.4, 0.5) is 5.95 Å². The number of azide groups is 1. The van der Waals surface area contributed by atoms with Gasteiger partial charge < -0.3 is 29.6 Å². The van der Waals surface area contributed by atoms with Crippen LogP contribution in [0.25, 0.3) is 21.6 Å². The molecule has 6 atom stereocenters. The Hall–Kier alpha value is -3.40. The number of imidazole rings is 1. The van der Waals surface area contributed by atoms with Gasteiger partial charge in [-0.25, -0.2) is 9.55 Å². The lowest BCUT2D eigenvalue weighted by atomic mass is 9.93. The lowest BCUT2D eigenvalue weighted by Gasteiger charge is -2.28. The van der Waals surface area contributed by atoms with Crippen molar-refractivity contribution in [1.82, 2.24) is 24.6 Å². The number of rotatable bonds is 11. The molecule has 3 aromatic rings. The van der Waals surface area contributed by atoms with E-state index >= 15 is 0 Å². The van der Waals surface area contributed by atoms with Crippen LogP contribution in [0.2, 0.25) is 10.0 Å². The van der Waals surface area contributed by atoms with Crippen molar-refractivity contribution < 1.29 is 37.7 Å². The number of anilines is 1. The number of nitrogen functional groups attached to an aromatic ring is 1. The molecule has 0 amide bonds. The summed E-state index contributed by atoms with van der Waals surface area (Å²) in [6.07, 6.45) is -2.62. The maximum absolute atomic E-state index is 13.8. The van der Waals surface area contributed by atoms with E-state index in [2.05, 4.69) is 34.8 Å². The van der Waals surface area contributed by atoms with E-state index < -0.39 is 50.3 Å². The van der Waals surface area contributed by atoms with Crippen molar-refractivity contribution in [2.24, 2.45) is 5.11 Å². The molecule has 1 aliphatic heterocycles. The van der Waals surface area contributed by atoms with Crippen LogP contribution in [0, 0.1) is 0 Å². The van der Waals surface area contributed by atoms with Gasteiger partial charge >= 0.3 is 13.7 Å². The summed E-state index contributed by atoms with van der Waals surface area (Å²) in [6, 6.07) is 2.95. The fourth-order valence-electron chi connectivity index (χ4n) is 4.20. The van der Waals surface area contributed by atoms with Crippen LogP contribution in [0.5, 0.6) is 11.6 Å². The molecule has 1 fully saturated rings. The number of nitrogens with two attached hydrogens (primary N) is 1. The van der Waals surface area contributed by atoms with Gasteiger partial charge in [-0.15, -0.1) is 0 Å². The predicted octanol–water partition coefficient (Wildman–Crippen LogP) is 3.41. The number of fused-ring (bicyclic) bond motifs is 1. The molecule has 0 bridgehead atoms. The molecule has 1 aliphatic rings. The lowest BCUT2D eigenvalue weighted by molar-refractivity contribution is -0.142. The number of esters is 1. The van der Waals surface area contributed by atoms with Gasteiger partial charge in [0, 0.05) is 11.0 Å². The average Bonchev–Trinajstić information content (AvgIpc) is 3.46. The minimum absolute atomic E-state index is 0.00177. The van der Waals surface area contributed by atoms with E-state index in [1.54, 1.807) is 0 Å². The summed E-state index contributed by atoms with van der Waals surface area (Å²) in [4.78, 5) is 27.3. The monoisotopic (exact) mass is 645 g/mol. The topological polar surface area (TPSA) is 231 Å². The maximum atomic E-state index is 13.8. The molecule has 4 rings (SSSR count). The molecule has 42 heavy (non-hydrogen) atoms. The molecule has 1 aromatic carbocycles. The van der Waals surface area contributed by atoms with Crippen molar-refractivity contribution in [2.75, 3.05) is 26.6 Å². The molecular formula is C22H26Cl2N9O8P. The zero-order chi connectivity index (χ0) is 30.8. The third-order valence-electron chi connectivity index (χ3n) is 6.30. The first-order valence-corrected chi connectivity index (χ1v) is 14.3. The highest BCUT2D eigenvalue weighted by atomic mass is 35.5. The first-order valence-electron chi connectivity index (χ1n) is 12.0. The number of aromatic nitrogens is 4. The van der Waals surface area contributed by atoms with Crippen molar-refractivity contribution in [3.8, 4) is 11.6 Å². The van der Waals surface area contributed by atoms with Gasteiger partial charge in [0.2, 0.25) is 11.8 Å². The molecule has 0 radical (unpaired) electrons. The molecule has 0 spiro atoms. The molecule has 0 saturated carbocycles. The SMILES string of the molecule is COC(=O)[C@H](C)NP(=O)(OC[C@H]1O[C@@H](n2cnc3c(OC)nc(N)nc32)[C@](C)(N=[N+]=[N-])[C@@H]1O)Oc1ccc(Cl)c(Cl)c1. The van der Waals surface area contributed by atoms with Gasteiger partial charge in [-0.05, 0) is 31.5 Å².